The normalized spacial score (nSPS) is 10.3. The van der Waals surface area contributed by atoms with E-state index in [1.807, 2.05) is 12.1 Å². The number of hydrogen-bond donors (Lipinski definition) is 2. The summed E-state index contributed by atoms with van der Waals surface area (Å²) in [7, 11) is 0. The summed E-state index contributed by atoms with van der Waals surface area (Å²) in [6.07, 6.45) is 1.84. The molecule has 0 radical (unpaired) electrons. The first-order chi connectivity index (χ1) is 7.59. The molecule has 0 spiro atoms. The van der Waals surface area contributed by atoms with E-state index in [0.29, 0.717) is 17.1 Å². The summed E-state index contributed by atoms with van der Waals surface area (Å²) in [6.45, 7) is 0. The maximum Gasteiger partial charge on any atom is 0.303 e. The van der Waals surface area contributed by atoms with Crippen LogP contribution in [0.3, 0.4) is 0 Å². The minimum Gasteiger partial charge on any atom is -0.481 e. The first kappa shape index (κ1) is 13.2. The van der Waals surface area contributed by atoms with Gasteiger partial charge in [0.1, 0.15) is 0 Å². The largest absolute Gasteiger partial charge is 0.481 e. The number of hydrogen-bond acceptors (Lipinski definition) is 3. The summed E-state index contributed by atoms with van der Waals surface area (Å²) in [5, 5.41) is 9.02. The van der Waals surface area contributed by atoms with E-state index < -0.39 is 5.97 Å². The molecule has 0 bridgehead atoms. The van der Waals surface area contributed by atoms with Crippen molar-refractivity contribution >= 4 is 35.0 Å². The number of rotatable bonds is 6. The molecule has 16 heavy (non-hydrogen) atoms. The molecule has 1 rings (SSSR count). The molecule has 0 saturated heterocycles. The third-order valence-electron chi connectivity index (χ3n) is 2.03. The first-order valence-electron chi connectivity index (χ1n) is 4.99. The number of nitrogen functional groups attached to an aromatic ring is 1. The smallest absolute Gasteiger partial charge is 0.303 e. The molecule has 0 unspecified atom stereocenters. The Morgan fingerprint density at radius 3 is 2.81 bits per heavy atom. The lowest BCUT2D eigenvalue weighted by atomic mass is 10.2. The van der Waals surface area contributed by atoms with Gasteiger partial charge < -0.3 is 10.8 Å². The summed E-state index contributed by atoms with van der Waals surface area (Å²) in [5.74, 6) is 0.161. The summed E-state index contributed by atoms with van der Waals surface area (Å²) in [4.78, 5) is 11.3. The third-order valence-corrected chi connectivity index (χ3v) is 3.43. The van der Waals surface area contributed by atoms with Gasteiger partial charge in [0, 0.05) is 11.3 Å². The van der Waals surface area contributed by atoms with Crippen LogP contribution >= 0.6 is 23.4 Å². The van der Waals surface area contributed by atoms with Crippen molar-refractivity contribution < 1.29 is 9.90 Å². The second-order valence-corrected chi connectivity index (χ2v) is 4.96. The van der Waals surface area contributed by atoms with Crippen molar-refractivity contribution in [3.05, 3.63) is 23.2 Å². The van der Waals surface area contributed by atoms with E-state index in [1.54, 1.807) is 17.8 Å². The molecular weight excluding hydrogens is 246 g/mol. The van der Waals surface area contributed by atoms with Crippen LogP contribution in [0.2, 0.25) is 5.02 Å². The molecule has 0 aliphatic rings. The Balaban J connectivity index is 2.27. The molecule has 88 valence electrons. The lowest BCUT2D eigenvalue weighted by molar-refractivity contribution is -0.137. The van der Waals surface area contributed by atoms with Crippen LogP contribution in [0.4, 0.5) is 5.69 Å². The Morgan fingerprint density at radius 1 is 1.44 bits per heavy atom. The van der Waals surface area contributed by atoms with Gasteiger partial charge in [-0.25, -0.2) is 0 Å². The van der Waals surface area contributed by atoms with Gasteiger partial charge in [-0.2, -0.15) is 0 Å². The molecule has 1 aromatic carbocycles. The lowest BCUT2D eigenvalue weighted by Crippen LogP contribution is -1.94. The third kappa shape index (κ3) is 4.77. The second kappa shape index (κ2) is 6.66. The number of carboxylic acid groups (broad SMARTS) is 1. The number of aliphatic carboxylic acids is 1. The highest BCUT2D eigenvalue weighted by Gasteiger charge is 2.00. The Kier molecular flexibility index (Phi) is 5.49. The number of thioether (sulfide) groups is 1. The molecule has 3 nitrogen and oxygen atoms in total. The van der Waals surface area contributed by atoms with E-state index >= 15 is 0 Å². The van der Waals surface area contributed by atoms with Crippen LogP contribution in [-0.2, 0) is 4.79 Å². The van der Waals surface area contributed by atoms with Crippen molar-refractivity contribution in [3.63, 3.8) is 0 Å². The minimum atomic E-state index is -0.736. The average Bonchev–Trinajstić information content (AvgIpc) is 2.22. The number of carboxylic acids is 1. The van der Waals surface area contributed by atoms with Crippen LogP contribution < -0.4 is 5.73 Å². The summed E-state index contributed by atoms with van der Waals surface area (Å²) < 4.78 is 0. The number of benzene rings is 1. The molecule has 3 N–H and O–H groups in total. The maximum absolute atomic E-state index is 10.3. The van der Waals surface area contributed by atoms with Crippen LogP contribution in [-0.4, -0.2) is 16.8 Å². The van der Waals surface area contributed by atoms with Crippen molar-refractivity contribution in [2.45, 2.75) is 24.2 Å². The molecule has 0 aromatic heterocycles. The van der Waals surface area contributed by atoms with Gasteiger partial charge in [0.05, 0.1) is 10.7 Å². The predicted octanol–water partition coefficient (Wildman–Crippen LogP) is 3.27. The fourth-order valence-electron chi connectivity index (χ4n) is 1.17. The monoisotopic (exact) mass is 259 g/mol. The van der Waals surface area contributed by atoms with Gasteiger partial charge in [0.2, 0.25) is 0 Å². The Morgan fingerprint density at radius 2 is 2.19 bits per heavy atom. The number of carbonyl (C=O) groups is 1. The van der Waals surface area contributed by atoms with Gasteiger partial charge in [-0.1, -0.05) is 11.6 Å². The quantitative estimate of drug-likeness (QED) is 0.468. The lowest BCUT2D eigenvalue weighted by Gasteiger charge is -2.03. The zero-order chi connectivity index (χ0) is 12.0. The van der Waals surface area contributed by atoms with E-state index in [1.165, 1.54) is 0 Å². The highest BCUT2D eigenvalue weighted by Crippen LogP contribution is 2.26. The van der Waals surface area contributed by atoms with Gasteiger partial charge in [0.25, 0.3) is 0 Å². The molecule has 5 heteroatoms. The van der Waals surface area contributed by atoms with Crippen molar-refractivity contribution in [2.24, 2.45) is 0 Å². The van der Waals surface area contributed by atoms with Crippen molar-refractivity contribution in [1.29, 1.82) is 0 Å². The van der Waals surface area contributed by atoms with Crippen LogP contribution in [0.25, 0.3) is 0 Å². The summed E-state index contributed by atoms with van der Waals surface area (Å²) in [6, 6.07) is 5.53. The van der Waals surface area contributed by atoms with Gasteiger partial charge >= 0.3 is 5.97 Å². The van der Waals surface area contributed by atoms with E-state index in [0.717, 1.165) is 17.1 Å². The maximum atomic E-state index is 10.3. The molecule has 0 heterocycles. The summed E-state index contributed by atoms with van der Waals surface area (Å²) >= 11 is 7.54. The number of nitrogens with two attached hydrogens (primary N) is 1. The Hall–Kier alpha value is -0.870. The molecule has 0 saturated carbocycles. The van der Waals surface area contributed by atoms with Crippen molar-refractivity contribution in [2.75, 3.05) is 11.5 Å². The van der Waals surface area contributed by atoms with E-state index in [-0.39, 0.29) is 6.42 Å². The average molecular weight is 260 g/mol. The Bertz CT molecular complexity index is 371. The molecule has 0 aliphatic heterocycles. The van der Waals surface area contributed by atoms with E-state index in [2.05, 4.69) is 0 Å². The van der Waals surface area contributed by atoms with Gasteiger partial charge in [0.15, 0.2) is 0 Å². The van der Waals surface area contributed by atoms with Crippen LogP contribution in [0.15, 0.2) is 23.1 Å². The molecule has 0 amide bonds. The van der Waals surface area contributed by atoms with Crippen molar-refractivity contribution in [3.8, 4) is 0 Å². The highest BCUT2D eigenvalue weighted by molar-refractivity contribution is 7.99. The van der Waals surface area contributed by atoms with Gasteiger partial charge in [-0.15, -0.1) is 11.8 Å². The highest BCUT2D eigenvalue weighted by atomic mass is 35.5. The topological polar surface area (TPSA) is 63.3 Å². The fourth-order valence-corrected chi connectivity index (χ4v) is 2.36. The van der Waals surface area contributed by atoms with E-state index in [4.69, 9.17) is 22.4 Å². The SMILES string of the molecule is Nc1ccc(SCCCCC(=O)O)cc1Cl. The zero-order valence-electron chi connectivity index (χ0n) is 8.78. The van der Waals surface area contributed by atoms with Crippen LogP contribution in [0.5, 0.6) is 0 Å². The first-order valence-corrected chi connectivity index (χ1v) is 6.35. The summed E-state index contributed by atoms with van der Waals surface area (Å²) in [5.41, 5.74) is 6.17. The predicted molar refractivity (Wildman–Crippen MR) is 68.1 cm³/mol. The standard InChI is InChI=1S/C11H14ClNO2S/c12-9-7-8(4-5-10(9)13)16-6-2-1-3-11(14)15/h4-5,7H,1-3,6,13H2,(H,14,15). The minimum absolute atomic E-state index is 0.239. The zero-order valence-corrected chi connectivity index (χ0v) is 10.4. The van der Waals surface area contributed by atoms with Crippen molar-refractivity contribution in [1.82, 2.24) is 0 Å². The Labute approximate surface area is 104 Å². The van der Waals surface area contributed by atoms with E-state index in [9.17, 15) is 4.79 Å². The van der Waals surface area contributed by atoms with Gasteiger partial charge in [-0.3, -0.25) is 4.79 Å². The number of unbranched alkanes of at least 4 members (excludes halogenated alkanes) is 1. The molecule has 1 aromatic rings. The molecular formula is C11H14ClNO2S. The molecule has 0 atom stereocenters. The molecule has 0 aliphatic carbocycles. The molecule has 0 fully saturated rings. The second-order valence-electron chi connectivity index (χ2n) is 3.38. The number of halogens is 1. The van der Waals surface area contributed by atoms with Crippen LogP contribution in [0.1, 0.15) is 19.3 Å². The van der Waals surface area contributed by atoms with Crippen LogP contribution in [0, 0.1) is 0 Å². The van der Waals surface area contributed by atoms with Gasteiger partial charge in [-0.05, 0) is 36.8 Å². The fraction of sp³-hybridized carbons (Fsp3) is 0.364. The number of anilines is 1.